The summed E-state index contributed by atoms with van der Waals surface area (Å²) in [6, 6.07) is 7.88. The average Bonchev–Trinajstić information content (AvgIpc) is 2.05. The predicted octanol–water partition coefficient (Wildman–Crippen LogP) is 2.92. The zero-order valence-corrected chi connectivity index (χ0v) is 7.97. The van der Waals surface area contributed by atoms with E-state index < -0.39 is 0 Å². The van der Waals surface area contributed by atoms with Gasteiger partial charge >= 0.3 is 0 Å². The third kappa shape index (κ3) is 3.24. The Hall–Kier alpha value is -0.530. The Kier molecular flexibility index (Phi) is 4.12. The Labute approximate surface area is 78.3 Å². The molecule has 0 spiro atoms. The van der Waals surface area contributed by atoms with Gasteiger partial charge in [0.15, 0.2) is 0 Å². The van der Waals surface area contributed by atoms with E-state index in [-0.39, 0.29) is 0 Å². The molecule has 0 amide bonds. The molecule has 0 N–H and O–H groups in total. The fourth-order valence-corrected chi connectivity index (χ4v) is 1.24. The molecule has 0 radical (unpaired) electrons. The molecule has 0 atom stereocenters. The number of rotatable bonds is 4. The van der Waals surface area contributed by atoms with Crippen LogP contribution in [0.25, 0.3) is 0 Å². The van der Waals surface area contributed by atoms with Crippen molar-refractivity contribution < 1.29 is 4.74 Å². The summed E-state index contributed by atoms with van der Waals surface area (Å²) in [5.74, 6) is 0. The summed E-state index contributed by atoms with van der Waals surface area (Å²) in [5, 5.41) is 0.795. The minimum atomic E-state index is 0.775. The van der Waals surface area contributed by atoms with Crippen molar-refractivity contribution >= 4 is 11.6 Å². The molecule has 0 heterocycles. The first-order chi connectivity index (χ1) is 5.83. The van der Waals surface area contributed by atoms with E-state index in [0.29, 0.717) is 0 Å². The van der Waals surface area contributed by atoms with Crippen molar-refractivity contribution in [2.24, 2.45) is 0 Å². The van der Waals surface area contributed by atoms with Crippen molar-refractivity contribution in [2.75, 3.05) is 13.2 Å². The second kappa shape index (κ2) is 5.18. The van der Waals surface area contributed by atoms with Crippen molar-refractivity contribution in [3.05, 3.63) is 34.9 Å². The van der Waals surface area contributed by atoms with E-state index in [1.165, 1.54) is 5.56 Å². The number of halogens is 1. The fraction of sp³-hybridized carbons (Fsp3) is 0.400. The van der Waals surface area contributed by atoms with Crippen molar-refractivity contribution in [2.45, 2.75) is 13.3 Å². The number of benzene rings is 1. The molecule has 0 aliphatic heterocycles. The van der Waals surface area contributed by atoms with Gasteiger partial charge in [0.25, 0.3) is 0 Å². The first kappa shape index (κ1) is 9.56. The van der Waals surface area contributed by atoms with Crippen LogP contribution in [0.15, 0.2) is 24.3 Å². The molecular weight excluding hydrogens is 172 g/mol. The van der Waals surface area contributed by atoms with Crippen LogP contribution in [0.1, 0.15) is 12.5 Å². The first-order valence-electron chi connectivity index (χ1n) is 4.15. The highest BCUT2D eigenvalue weighted by Gasteiger charge is 1.93. The summed E-state index contributed by atoms with van der Waals surface area (Å²) in [7, 11) is 0. The maximum absolute atomic E-state index is 5.82. The summed E-state index contributed by atoms with van der Waals surface area (Å²) >= 11 is 5.82. The highest BCUT2D eigenvalue weighted by molar-refractivity contribution is 6.30. The predicted molar refractivity (Wildman–Crippen MR) is 51.6 cm³/mol. The van der Waals surface area contributed by atoms with Crippen LogP contribution in [0.4, 0.5) is 0 Å². The van der Waals surface area contributed by atoms with E-state index in [4.69, 9.17) is 16.3 Å². The van der Waals surface area contributed by atoms with Crippen LogP contribution in [0.5, 0.6) is 0 Å². The monoisotopic (exact) mass is 184 g/mol. The molecule has 0 saturated carbocycles. The van der Waals surface area contributed by atoms with E-state index in [1.54, 1.807) is 0 Å². The first-order valence-corrected chi connectivity index (χ1v) is 4.53. The Bertz CT molecular complexity index is 235. The second-order valence-corrected chi connectivity index (χ2v) is 3.01. The van der Waals surface area contributed by atoms with Gasteiger partial charge in [0.1, 0.15) is 0 Å². The molecule has 66 valence electrons. The van der Waals surface area contributed by atoms with Gasteiger partial charge in [-0.05, 0) is 31.0 Å². The molecule has 1 aromatic carbocycles. The van der Waals surface area contributed by atoms with Gasteiger partial charge in [-0.25, -0.2) is 0 Å². The SMILES string of the molecule is CCOCCc1cccc(Cl)c1. The molecule has 0 fully saturated rings. The van der Waals surface area contributed by atoms with Gasteiger partial charge in [-0.3, -0.25) is 0 Å². The maximum atomic E-state index is 5.82. The Morgan fingerprint density at radius 2 is 2.25 bits per heavy atom. The van der Waals surface area contributed by atoms with Crippen molar-refractivity contribution in [3.63, 3.8) is 0 Å². The standard InChI is InChI=1S/C10H13ClO/c1-2-12-7-6-9-4-3-5-10(11)8-9/h3-5,8H,2,6-7H2,1H3. The minimum Gasteiger partial charge on any atom is -0.381 e. The summed E-state index contributed by atoms with van der Waals surface area (Å²) in [5.41, 5.74) is 1.23. The van der Waals surface area contributed by atoms with E-state index in [2.05, 4.69) is 6.07 Å². The van der Waals surface area contributed by atoms with Crippen LogP contribution in [0.2, 0.25) is 5.02 Å². The normalized spacial score (nSPS) is 10.2. The smallest absolute Gasteiger partial charge is 0.0506 e. The van der Waals surface area contributed by atoms with Crippen LogP contribution in [0.3, 0.4) is 0 Å². The zero-order valence-electron chi connectivity index (χ0n) is 7.22. The Balaban J connectivity index is 2.41. The van der Waals surface area contributed by atoms with Gasteiger partial charge in [-0.1, -0.05) is 23.7 Å². The highest BCUT2D eigenvalue weighted by Crippen LogP contribution is 2.10. The van der Waals surface area contributed by atoms with Crippen molar-refractivity contribution in [3.8, 4) is 0 Å². The topological polar surface area (TPSA) is 9.23 Å². The average molecular weight is 185 g/mol. The molecule has 1 aromatic rings. The number of hydrogen-bond donors (Lipinski definition) is 0. The van der Waals surface area contributed by atoms with E-state index >= 15 is 0 Å². The number of ether oxygens (including phenoxy) is 1. The molecule has 0 unspecified atom stereocenters. The van der Waals surface area contributed by atoms with Crippen molar-refractivity contribution in [1.82, 2.24) is 0 Å². The lowest BCUT2D eigenvalue weighted by molar-refractivity contribution is 0.151. The van der Waals surface area contributed by atoms with Crippen LogP contribution in [-0.2, 0) is 11.2 Å². The molecule has 0 aliphatic rings. The van der Waals surface area contributed by atoms with Gasteiger partial charge < -0.3 is 4.74 Å². The van der Waals surface area contributed by atoms with E-state index in [9.17, 15) is 0 Å². The quantitative estimate of drug-likeness (QED) is 0.654. The minimum absolute atomic E-state index is 0.775. The van der Waals surface area contributed by atoms with Gasteiger partial charge in [-0.2, -0.15) is 0 Å². The maximum Gasteiger partial charge on any atom is 0.0506 e. The van der Waals surface area contributed by atoms with Crippen LogP contribution >= 0.6 is 11.6 Å². The van der Waals surface area contributed by atoms with Crippen LogP contribution in [0, 0.1) is 0 Å². The lowest BCUT2D eigenvalue weighted by Crippen LogP contribution is -1.97. The molecule has 0 bridgehead atoms. The van der Waals surface area contributed by atoms with Gasteiger partial charge in [-0.15, -0.1) is 0 Å². The summed E-state index contributed by atoms with van der Waals surface area (Å²) in [6.07, 6.45) is 0.939. The van der Waals surface area contributed by atoms with Gasteiger partial charge in [0.2, 0.25) is 0 Å². The van der Waals surface area contributed by atoms with Crippen LogP contribution in [-0.4, -0.2) is 13.2 Å². The fourth-order valence-electron chi connectivity index (χ4n) is 1.03. The molecule has 2 heteroatoms. The molecule has 0 aromatic heterocycles. The largest absolute Gasteiger partial charge is 0.381 e. The van der Waals surface area contributed by atoms with Crippen molar-refractivity contribution in [1.29, 1.82) is 0 Å². The lowest BCUT2D eigenvalue weighted by Gasteiger charge is -2.01. The van der Waals surface area contributed by atoms with E-state index in [0.717, 1.165) is 24.7 Å². The molecule has 0 saturated heterocycles. The summed E-state index contributed by atoms with van der Waals surface area (Å²) in [4.78, 5) is 0. The Morgan fingerprint density at radius 1 is 1.42 bits per heavy atom. The van der Waals surface area contributed by atoms with Gasteiger partial charge in [0, 0.05) is 11.6 Å². The molecular formula is C10H13ClO. The summed E-state index contributed by atoms with van der Waals surface area (Å²) in [6.45, 7) is 3.55. The third-order valence-electron chi connectivity index (χ3n) is 1.63. The third-order valence-corrected chi connectivity index (χ3v) is 1.86. The second-order valence-electron chi connectivity index (χ2n) is 2.58. The molecule has 1 nitrogen and oxygen atoms in total. The number of hydrogen-bond acceptors (Lipinski definition) is 1. The lowest BCUT2D eigenvalue weighted by atomic mass is 10.2. The Morgan fingerprint density at radius 3 is 2.92 bits per heavy atom. The van der Waals surface area contributed by atoms with E-state index in [1.807, 2.05) is 25.1 Å². The molecule has 1 rings (SSSR count). The summed E-state index contributed by atoms with van der Waals surface area (Å²) < 4.78 is 5.23. The van der Waals surface area contributed by atoms with Gasteiger partial charge in [0.05, 0.1) is 6.61 Å². The van der Waals surface area contributed by atoms with Crippen LogP contribution < -0.4 is 0 Å². The zero-order chi connectivity index (χ0) is 8.81. The highest BCUT2D eigenvalue weighted by atomic mass is 35.5. The molecule has 12 heavy (non-hydrogen) atoms. The molecule has 0 aliphatic carbocycles.